The number of benzene rings is 1. The Balaban J connectivity index is 2.13. The first kappa shape index (κ1) is 15.9. The number of rotatable bonds is 7. The highest BCUT2D eigenvalue weighted by atomic mass is 16.5. The Morgan fingerprint density at radius 3 is 2.59 bits per heavy atom. The molecule has 1 aromatic heterocycles. The van der Waals surface area contributed by atoms with E-state index < -0.39 is 0 Å². The molecular weight excluding hydrogens is 284 g/mol. The molecule has 0 unspecified atom stereocenters. The number of hydrogen-bond donors (Lipinski definition) is 1. The van der Waals surface area contributed by atoms with Crippen LogP contribution in [0.2, 0.25) is 0 Å². The molecule has 1 aromatic carbocycles. The van der Waals surface area contributed by atoms with Crippen LogP contribution < -0.4 is 14.8 Å². The van der Waals surface area contributed by atoms with Crippen LogP contribution in [0, 0.1) is 0 Å². The lowest BCUT2D eigenvalue weighted by molar-refractivity contribution is 0.0902. The summed E-state index contributed by atoms with van der Waals surface area (Å²) in [5.74, 6) is 1.24. The number of ether oxygens (including phenoxy) is 2. The molecule has 1 N–H and O–H groups in total. The van der Waals surface area contributed by atoms with Crippen molar-refractivity contribution < 1.29 is 18.8 Å². The van der Waals surface area contributed by atoms with Crippen LogP contribution in [0.3, 0.4) is 0 Å². The van der Waals surface area contributed by atoms with Gasteiger partial charge in [-0.15, -0.1) is 0 Å². The molecule has 0 fully saturated rings. The van der Waals surface area contributed by atoms with Gasteiger partial charge in [-0.2, -0.15) is 0 Å². The molecule has 0 bridgehead atoms. The number of hydrogen-bond acceptors (Lipinski definition) is 5. The first-order chi connectivity index (χ1) is 10.7. The Morgan fingerprint density at radius 2 is 1.95 bits per heavy atom. The average molecular weight is 304 g/mol. The van der Waals surface area contributed by atoms with Crippen LogP contribution in [0.15, 0.2) is 35.0 Å². The van der Waals surface area contributed by atoms with Gasteiger partial charge in [0.15, 0.2) is 11.5 Å². The first-order valence-corrected chi connectivity index (χ1v) is 7.26. The Hall–Kier alpha value is -2.50. The highest BCUT2D eigenvalue weighted by Gasteiger charge is 2.16. The summed E-state index contributed by atoms with van der Waals surface area (Å²) in [5.41, 5.74) is 0.916. The van der Waals surface area contributed by atoms with Crippen LogP contribution in [0.5, 0.6) is 11.5 Å². The summed E-state index contributed by atoms with van der Waals surface area (Å²) < 4.78 is 16.0. The van der Waals surface area contributed by atoms with Gasteiger partial charge in [-0.25, -0.2) is 0 Å². The third-order valence-electron chi connectivity index (χ3n) is 3.08. The SMILES string of the molecule is CCOc1ccc([C@@H](C)NC(=O)c2ccno2)cc1OCC. The number of nitrogens with one attached hydrogen (secondary N) is 1. The fourth-order valence-corrected chi connectivity index (χ4v) is 2.02. The van der Waals surface area contributed by atoms with Gasteiger partial charge in [0, 0.05) is 6.07 Å². The molecular formula is C16H20N2O4. The second-order valence-electron chi connectivity index (χ2n) is 4.64. The van der Waals surface area contributed by atoms with Crippen molar-refractivity contribution in [2.45, 2.75) is 26.8 Å². The zero-order valence-electron chi connectivity index (χ0n) is 13.0. The van der Waals surface area contributed by atoms with E-state index >= 15 is 0 Å². The molecule has 6 heteroatoms. The van der Waals surface area contributed by atoms with Crippen LogP contribution in [0.4, 0.5) is 0 Å². The van der Waals surface area contributed by atoms with E-state index in [1.807, 2.05) is 39.0 Å². The fraction of sp³-hybridized carbons (Fsp3) is 0.375. The van der Waals surface area contributed by atoms with E-state index in [1.165, 1.54) is 12.3 Å². The van der Waals surface area contributed by atoms with Gasteiger partial charge in [-0.1, -0.05) is 11.2 Å². The van der Waals surface area contributed by atoms with E-state index in [1.54, 1.807) is 0 Å². The van der Waals surface area contributed by atoms with E-state index in [9.17, 15) is 4.79 Å². The molecule has 0 aliphatic heterocycles. The van der Waals surface area contributed by atoms with Crippen molar-refractivity contribution >= 4 is 5.91 Å². The van der Waals surface area contributed by atoms with Gasteiger partial charge in [0.05, 0.1) is 25.5 Å². The van der Waals surface area contributed by atoms with Crippen molar-refractivity contribution in [2.24, 2.45) is 0 Å². The Bertz CT molecular complexity index is 611. The molecule has 0 saturated carbocycles. The van der Waals surface area contributed by atoms with Crippen LogP contribution >= 0.6 is 0 Å². The largest absolute Gasteiger partial charge is 0.490 e. The van der Waals surface area contributed by atoms with Crippen molar-refractivity contribution in [1.82, 2.24) is 10.5 Å². The second-order valence-corrected chi connectivity index (χ2v) is 4.64. The maximum atomic E-state index is 12.0. The van der Waals surface area contributed by atoms with Crippen molar-refractivity contribution in [1.29, 1.82) is 0 Å². The fourth-order valence-electron chi connectivity index (χ4n) is 2.02. The lowest BCUT2D eigenvalue weighted by atomic mass is 10.1. The van der Waals surface area contributed by atoms with E-state index in [2.05, 4.69) is 10.5 Å². The number of carbonyl (C=O) groups excluding carboxylic acids is 1. The quantitative estimate of drug-likeness (QED) is 0.851. The molecule has 2 rings (SSSR count). The minimum absolute atomic E-state index is 0.183. The molecule has 2 aromatic rings. The van der Waals surface area contributed by atoms with Crippen molar-refractivity contribution in [3.63, 3.8) is 0 Å². The van der Waals surface area contributed by atoms with Gasteiger partial charge in [0.1, 0.15) is 0 Å². The van der Waals surface area contributed by atoms with Crippen molar-refractivity contribution in [2.75, 3.05) is 13.2 Å². The third kappa shape index (κ3) is 3.78. The molecule has 22 heavy (non-hydrogen) atoms. The van der Waals surface area contributed by atoms with Gasteiger partial charge in [-0.05, 0) is 38.5 Å². The summed E-state index contributed by atoms with van der Waals surface area (Å²) in [4.78, 5) is 12.0. The maximum absolute atomic E-state index is 12.0. The summed E-state index contributed by atoms with van der Waals surface area (Å²) in [7, 11) is 0. The predicted molar refractivity (Wildman–Crippen MR) is 81.2 cm³/mol. The minimum Gasteiger partial charge on any atom is -0.490 e. The monoisotopic (exact) mass is 304 g/mol. The number of aromatic nitrogens is 1. The molecule has 0 aliphatic rings. The van der Waals surface area contributed by atoms with Gasteiger partial charge in [0.2, 0.25) is 5.76 Å². The maximum Gasteiger partial charge on any atom is 0.290 e. The topological polar surface area (TPSA) is 73.6 Å². The predicted octanol–water partition coefficient (Wildman–Crippen LogP) is 2.96. The second kappa shape index (κ2) is 7.49. The zero-order valence-corrected chi connectivity index (χ0v) is 13.0. The molecule has 1 atom stereocenters. The van der Waals surface area contributed by atoms with Gasteiger partial charge >= 0.3 is 0 Å². The van der Waals surface area contributed by atoms with E-state index in [0.717, 1.165) is 5.56 Å². The number of carbonyl (C=O) groups is 1. The molecule has 6 nitrogen and oxygen atoms in total. The first-order valence-electron chi connectivity index (χ1n) is 7.26. The van der Waals surface area contributed by atoms with Gasteiger partial charge < -0.3 is 19.3 Å². The van der Waals surface area contributed by atoms with Gasteiger partial charge in [0.25, 0.3) is 5.91 Å². The van der Waals surface area contributed by atoms with Crippen LogP contribution in [0.1, 0.15) is 42.9 Å². The summed E-state index contributed by atoms with van der Waals surface area (Å²) in [5, 5.41) is 6.37. The molecule has 118 valence electrons. The zero-order chi connectivity index (χ0) is 15.9. The number of nitrogens with zero attached hydrogens (tertiary/aromatic N) is 1. The lowest BCUT2D eigenvalue weighted by Gasteiger charge is -2.17. The summed E-state index contributed by atoms with van der Waals surface area (Å²) in [6, 6.07) is 6.94. The molecule has 1 heterocycles. The van der Waals surface area contributed by atoms with Crippen LogP contribution in [0.25, 0.3) is 0 Å². The third-order valence-corrected chi connectivity index (χ3v) is 3.08. The normalized spacial score (nSPS) is 11.8. The average Bonchev–Trinajstić information content (AvgIpc) is 3.04. The molecule has 1 amide bonds. The molecule has 0 radical (unpaired) electrons. The Labute approximate surface area is 129 Å². The Morgan fingerprint density at radius 1 is 1.23 bits per heavy atom. The minimum atomic E-state index is -0.308. The summed E-state index contributed by atoms with van der Waals surface area (Å²) in [6.07, 6.45) is 1.43. The molecule has 0 spiro atoms. The van der Waals surface area contributed by atoms with Crippen LogP contribution in [-0.4, -0.2) is 24.3 Å². The molecule has 0 saturated heterocycles. The number of amides is 1. The van der Waals surface area contributed by atoms with E-state index in [4.69, 9.17) is 14.0 Å². The summed E-state index contributed by atoms with van der Waals surface area (Å²) >= 11 is 0. The van der Waals surface area contributed by atoms with E-state index in [-0.39, 0.29) is 17.7 Å². The van der Waals surface area contributed by atoms with Crippen LogP contribution in [-0.2, 0) is 0 Å². The van der Waals surface area contributed by atoms with Gasteiger partial charge in [-0.3, -0.25) is 4.79 Å². The highest BCUT2D eigenvalue weighted by molar-refractivity contribution is 5.91. The van der Waals surface area contributed by atoms with Crippen molar-refractivity contribution in [3.8, 4) is 11.5 Å². The molecule has 0 aliphatic carbocycles. The standard InChI is InChI=1S/C16H20N2O4/c1-4-20-13-7-6-12(10-15(13)21-5-2)11(3)18-16(19)14-8-9-17-22-14/h6-11H,4-5H2,1-3H3,(H,18,19)/t11-/m1/s1. The summed E-state index contributed by atoms with van der Waals surface area (Å²) in [6.45, 7) is 6.83. The Kier molecular flexibility index (Phi) is 5.41. The van der Waals surface area contributed by atoms with E-state index in [0.29, 0.717) is 24.7 Å². The highest BCUT2D eigenvalue weighted by Crippen LogP contribution is 2.30. The lowest BCUT2D eigenvalue weighted by Crippen LogP contribution is -2.26. The van der Waals surface area contributed by atoms with Crippen molar-refractivity contribution in [3.05, 3.63) is 41.8 Å². The smallest absolute Gasteiger partial charge is 0.290 e.